The Morgan fingerprint density at radius 2 is 1.90 bits per heavy atom. The van der Waals surface area contributed by atoms with Crippen molar-refractivity contribution in [2.24, 2.45) is 0 Å². The first kappa shape index (κ1) is 14.2. The van der Waals surface area contributed by atoms with Gasteiger partial charge in [0.2, 0.25) is 0 Å². The van der Waals surface area contributed by atoms with Gasteiger partial charge in [-0.25, -0.2) is 4.68 Å². The molecule has 0 radical (unpaired) electrons. The van der Waals surface area contributed by atoms with E-state index in [4.69, 9.17) is 40.1 Å². The summed E-state index contributed by atoms with van der Waals surface area (Å²) in [6, 6.07) is 5.01. The molecule has 2 heterocycles. The summed E-state index contributed by atoms with van der Waals surface area (Å²) in [5, 5.41) is 24.7. The third kappa shape index (κ3) is 2.47. The Morgan fingerprint density at radius 3 is 2.52 bits per heavy atom. The maximum atomic E-state index is 9.53. The molecular formula is C13H7Cl3N4O. The third-order valence-corrected chi connectivity index (χ3v) is 3.84. The van der Waals surface area contributed by atoms with Gasteiger partial charge in [0, 0.05) is 18.0 Å². The molecule has 0 saturated carbocycles. The minimum Gasteiger partial charge on any atom is -0.289 e. The molecule has 0 bridgehead atoms. The first-order valence-electron chi connectivity index (χ1n) is 5.81. The van der Waals surface area contributed by atoms with E-state index in [0.29, 0.717) is 32.0 Å². The Morgan fingerprint density at radius 1 is 1.24 bits per heavy atom. The van der Waals surface area contributed by atoms with Gasteiger partial charge in [0.05, 0.1) is 33.3 Å². The van der Waals surface area contributed by atoms with Crippen LogP contribution in [0.2, 0.25) is 10.0 Å². The van der Waals surface area contributed by atoms with Crippen molar-refractivity contribution in [2.45, 2.75) is 6.54 Å². The summed E-state index contributed by atoms with van der Waals surface area (Å²) in [6.45, 7) is 0.261. The van der Waals surface area contributed by atoms with Gasteiger partial charge in [0.25, 0.3) is 0 Å². The van der Waals surface area contributed by atoms with Crippen LogP contribution in [0.4, 0.5) is 0 Å². The van der Waals surface area contributed by atoms with Crippen LogP contribution in [0.3, 0.4) is 0 Å². The Kier molecular flexibility index (Phi) is 3.56. The molecule has 0 spiro atoms. The first-order valence-corrected chi connectivity index (χ1v) is 6.94. The van der Waals surface area contributed by atoms with E-state index >= 15 is 0 Å². The van der Waals surface area contributed by atoms with E-state index < -0.39 is 0 Å². The largest absolute Gasteiger partial charge is 0.289 e. The molecule has 8 heteroatoms. The van der Waals surface area contributed by atoms with Gasteiger partial charge in [-0.05, 0) is 12.1 Å². The SMILES string of the molecule is N#Cc1cc(Cl)c(-n2cc3c(n2)C(Cl)=CN(O)C3)c(Cl)c1. The summed E-state index contributed by atoms with van der Waals surface area (Å²) >= 11 is 18.4. The van der Waals surface area contributed by atoms with Crippen LogP contribution < -0.4 is 0 Å². The molecule has 106 valence electrons. The fourth-order valence-corrected chi connectivity index (χ4v) is 3.03. The zero-order valence-corrected chi connectivity index (χ0v) is 12.7. The molecule has 1 aliphatic rings. The van der Waals surface area contributed by atoms with Crippen LogP contribution in [-0.4, -0.2) is 20.1 Å². The lowest BCUT2D eigenvalue weighted by Crippen LogP contribution is -2.15. The van der Waals surface area contributed by atoms with E-state index in [1.807, 2.05) is 6.07 Å². The summed E-state index contributed by atoms with van der Waals surface area (Å²) < 4.78 is 1.49. The minimum absolute atomic E-state index is 0.261. The Balaban J connectivity index is 2.14. The molecule has 0 unspecified atom stereocenters. The molecule has 0 aliphatic carbocycles. The number of halogens is 3. The molecule has 0 fully saturated rings. The number of benzene rings is 1. The van der Waals surface area contributed by atoms with Crippen molar-refractivity contribution in [3.05, 3.63) is 51.4 Å². The molecule has 2 aromatic rings. The van der Waals surface area contributed by atoms with Crippen molar-refractivity contribution in [3.63, 3.8) is 0 Å². The highest BCUT2D eigenvalue weighted by atomic mass is 35.5. The lowest BCUT2D eigenvalue weighted by atomic mass is 10.2. The highest BCUT2D eigenvalue weighted by Gasteiger charge is 2.21. The summed E-state index contributed by atoms with van der Waals surface area (Å²) in [6.07, 6.45) is 3.07. The molecule has 21 heavy (non-hydrogen) atoms. The van der Waals surface area contributed by atoms with Gasteiger partial charge in [0.1, 0.15) is 11.4 Å². The van der Waals surface area contributed by atoms with Gasteiger partial charge in [-0.15, -0.1) is 0 Å². The van der Waals surface area contributed by atoms with E-state index in [2.05, 4.69) is 5.10 Å². The van der Waals surface area contributed by atoms with Crippen LogP contribution in [0.5, 0.6) is 0 Å². The second-order valence-electron chi connectivity index (χ2n) is 4.42. The van der Waals surface area contributed by atoms with Crippen molar-refractivity contribution in [1.29, 1.82) is 5.26 Å². The normalized spacial score (nSPS) is 13.7. The second kappa shape index (κ2) is 5.24. The van der Waals surface area contributed by atoms with Crippen molar-refractivity contribution >= 4 is 39.8 Å². The molecule has 0 saturated heterocycles. The van der Waals surface area contributed by atoms with Crippen molar-refractivity contribution < 1.29 is 5.21 Å². The molecule has 0 amide bonds. The van der Waals surface area contributed by atoms with Crippen LogP contribution in [-0.2, 0) is 6.54 Å². The fraction of sp³-hybridized carbons (Fsp3) is 0.0769. The van der Waals surface area contributed by atoms with E-state index in [9.17, 15) is 5.21 Å². The standard InChI is InChI=1S/C13H7Cl3N4O/c14-9-1-7(3-17)2-10(15)13(9)20-5-8-4-19(21)6-11(16)12(8)18-20/h1-2,5-6,21H,4H2. The lowest BCUT2D eigenvalue weighted by Gasteiger charge is -2.16. The van der Waals surface area contributed by atoms with Crippen molar-refractivity contribution in [1.82, 2.24) is 14.8 Å². The third-order valence-electron chi connectivity index (χ3n) is 2.99. The minimum atomic E-state index is 0.261. The van der Waals surface area contributed by atoms with Crippen LogP contribution in [0.1, 0.15) is 16.8 Å². The monoisotopic (exact) mass is 340 g/mol. The van der Waals surface area contributed by atoms with Gasteiger partial charge in [-0.2, -0.15) is 10.4 Å². The quantitative estimate of drug-likeness (QED) is 0.857. The van der Waals surface area contributed by atoms with Gasteiger partial charge in [0.15, 0.2) is 0 Å². The molecule has 1 aromatic carbocycles. The van der Waals surface area contributed by atoms with Gasteiger partial charge in [-0.1, -0.05) is 34.8 Å². The van der Waals surface area contributed by atoms with E-state index in [1.54, 1.807) is 6.20 Å². The Hall–Kier alpha value is -1.71. The number of fused-ring (bicyclic) bond motifs is 1. The van der Waals surface area contributed by atoms with Gasteiger partial charge >= 0.3 is 0 Å². The molecule has 1 aromatic heterocycles. The number of hydrogen-bond donors (Lipinski definition) is 1. The van der Waals surface area contributed by atoms with Gasteiger partial charge < -0.3 is 0 Å². The summed E-state index contributed by atoms with van der Waals surface area (Å²) in [4.78, 5) is 0. The maximum Gasteiger partial charge on any atom is 0.111 e. The highest BCUT2D eigenvalue weighted by molar-refractivity contribution is 6.48. The molecule has 0 atom stereocenters. The molecule has 3 rings (SSSR count). The topological polar surface area (TPSA) is 65.1 Å². The summed E-state index contributed by atoms with van der Waals surface area (Å²) in [7, 11) is 0. The summed E-state index contributed by atoms with van der Waals surface area (Å²) in [5.74, 6) is 0. The molecule has 1 N–H and O–H groups in total. The predicted octanol–water partition coefficient (Wildman–Crippen LogP) is 3.79. The van der Waals surface area contributed by atoms with Crippen LogP contribution in [0.15, 0.2) is 24.5 Å². The average Bonchev–Trinajstić information content (AvgIpc) is 2.81. The van der Waals surface area contributed by atoms with E-state index in [-0.39, 0.29) is 6.54 Å². The van der Waals surface area contributed by atoms with Crippen molar-refractivity contribution in [2.75, 3.05) is 0 Å². The number of aromatic nitrogens is 2. The first-order chi connectivity index (χ1) is 9.99. The zero-order chi connectivity index (χ0) is 15.1. The zero-order valence-electron chi connectivity index (χ0n) is 10.4. The molecule has 1 aliphatic heterocycles. The maximum absolute atomic E-state index is 9.53. The van der Waals surface area contributed by atoms with Crippen LogP contribution in [0.25, 0.3) is 10.7 Å². The van der Waals surface area contributed by atoms with Crippen molar-refractivity contribution in [3.8, 4) is 11.8 Å². The van der Waals surface area contributed by atoms with Gasteiger partial charge in [-0.3, -0.25) is 10.3 Å². The molecular weight excluding hydrogens is 335 g/mol. The fourth-order valence-electron chi connectivity index (χ4n) is 2.10. The highest BCUT2D eigenvalue weighted by Crippen LogP contribution is 2.33. The van der Waals surface area contributed by atoms with Crippen LogP contribution >= 0.6 is 34.8 Å². The number of hydroxylamine groups is 2. The Labute approximate surface area is 135 Å². The summed E-state index contributed by atoms with van der Waals surface area (Å²) in [5.41, 5.74) is 2.12. The number of rotatable bonds is 1. The second-order valence-corrected chi connectivity index (χ2v) is 5.64. The number of nitriles is 1. The molecule has 5 nitrogen and oxygen atoms in total. The number of nitrogens with zero attached hydrogens (tertiary/aromatic N) is 4. The lowest BCUT2D eigenvalue weighted by molar-refractivity contribution is -0.0497. The average molecular weight is 342 g/mol. The predicted molar refractivity (Wildman–Crippen MR) is 79.5 cm³/mol. The number of hydrogen-bond acceptors (Lipinski definition) is 4. The Bertz CT molecular complexity index is 783. The smallest absolute Gasteiger partial charge is 0.111 e. The van der Waals surface area contributed by atoms with E-state index in [1.165, 1.54) is 23.0 Å². The van der Waals surface area contributed by atoms with Crippen LogP contribution in [0, 0.1) is 11.3 Å². The van der Waals surface area contributed by atoms with E-state index in [0.717, 1.165) is 10.6 Å².